The van der Waals surface area contributed by atoms with Crippen molar-refractivity contribution >= 4 is 31.6 Å². The van der Waals surface area contributed by atoms with E-state index < -0.39 is 63.1 Å². The highest BCUT2D eigenvalue weighted by Crippen LogP contribution is 2.48. The van der Waals surface area contributed by atoms with Crippen molar-refractivity contribution < 1.29 is 35.8 Å². The first-order valence-corrected chi connectivity index (χ1v) is 12.2. The lowest BCUT2D eigenvalue weighted by atomic mass is 9.74. The van der Waals surface area contributed by atoms with Crippen LogP contribution < -0.4 is 0 Å². The standard InChI is InChI=1S/C18H18N2O10S2/c21-19(22)13-6-2-8-15(31(25,26)27)17(13)11-4-1-5-12(10-11)18-14(20(23)24)7-3-9-16(18)32(28,29)30/h2-3,6-9,11-12H,1,4-5,10H2,(H,25,26,27)(H,28,29,30). The molecule has 0 amide bonds. The molecule has 2 unspecified atom stereocenters. The van der Waals surface area contributed by atoms with Crippen molar-refractivity contribution in [3.8, 4) is 0 Å². The van der Waals surface area contributed by atoms with Gasteiger partial charge in [-0.2, -0.15) is 16.8 Å². The van der Waals surface area contributed by atoms with Crippen molar-refractivity contribution in [3.63, 3.8) is 0 Å². The molecular weight excluding hydrogens is 468 g/mol. The van der Waals surface area contributed by atoms with Crippen LogP contribution in [-0.4, -0.2) is 35.8 Å². The number of hydrogen-bond donors (Lipinski definition) is 2. The summed E-state index contributed by atoms with van der Waals surface area (Å²) in [4.78, 5) is 20.2. The third-order valence-corrected chi connectivity index (χ3v) is 7.35. The molecule has 2 aromatic rings. The van der Waals surface area contributed by atoms with E-state index in [0.29, 0.717) is 6.42 Å². The van der Waals surface area contributed by atoms with E-state index in [1.54, 1.807) is 0 Å². The second kappa shape index (κ2) is 8.54. The quantitative estimate of drug-likeness (QED) is 0.347. The van der Waals surface area contributed by atoms with E-state index in [4.69, 9.17) is 0 Å². The number of hydrogen-bond acceptors (Lipinski definition) is 8. The average molecular weight is 486 g/mol. The first-order valence-electron chi connectivity index (χ1n) is 9.32. The minimum Gasteiger partial charge on any atom is -0.282 e. The van der Waals surface area contributed by atoms with Crippen molar-refractivity contribution in [1.82, 2.24) is 0 Å². The molecule has 0 bridgehead atoms. The monoisotopic (exact) mass is 486 g/mol. The number of nitrogens with zero attached hydrogens (tertiary/aromatic N) is 2. The Morgan fingerprint density at radius 1 is 0.750 bits per heavy atom. The summed E-state index contributed by atoms with van der Waals surface area (Å²) in [5, 5.41) is 23.1. The molecule has 0 radical (unpaired) electrons. The Bertz CT molecular complexity index is 1210. The van der Waals surface area contributed by atoms with Gasteiger partial charge in [0.2, 0.25) is 0 Å². The summed E-state index contributed by atoms with van der Waals surface area (Å²) in [6.07, 6.45) is 0.807. The first kappa shape index (κ1) is 23.7. The van der Waals surface area contributed by atoms with Gasteiger partial charge in [-0.25, -0.2) is 0 Å². The van der Waals surface area contributed by atoms with E-state index in [1.165, 1.54) is 0 Å². The first-order chi connectivity index (χ1) is 14.8. The van der Waals surface area contributed by atoms with Crippen LogP contribution in [0.3, 0.4) is 0 Å². The Balaban J connectivity index is 2.19. The van der Waals surface area contributed by atoms with Gasteiger partial charge >= 0.3 is 0 Å². The SMILES string of the molecule is O=[N+]([O-])c1cccc(S(=O)(=O)O)c1C1CCCC(c2c([N+](=O)[O-])cccc2S(=O)(=O)O)C1. The Labute approximate surface area is 182 Å². The molecule has 1 aliphatic rings. The summed E-state index contributed by atoms with van der Waals surface area (Å²) in [5.41, 5.74) is -1.56. The molecule has 1 aliphatic carbocycles. The lowest BCUT2D eigenvalue weighted by molar-refractivity contribution is -0.386. The number of benzene rings is 2. The fraction of sp³-hybridized carbons (Fsp3) is 0.333. The zero-order chi connectivity index (χ0) is 23.8. The van der Waals surface area contributed by atoms with Gasteiger partial charge in [-0.3, -0.25) is 29.3 Å². The highest BCUT2D eigenvalue weighted by molar-refractivity contribution is 7.86. The van der Waals surface area contributed by atoms with Gasteiger partial charge in [-0.05, 0) is 43.2 Å². The smallest absolute Gasteiger partial charge is 0.282 e. The Morgan fingerprint density at radius 3 is 1.44 bits per heavy atom. The Morgan fingerprint density at radius 2 is 1.12 bits per heavy atom. The van der Waals surface area contributed by atoms with Crippen LogP contribution in [0.25, 0.3) is 0 Å². The molecule has 0 aromatic heterocycles. The van der Waals surface area contributed by atoms with Crippen LogP contribution >= 0.6 is 0 Å². The molecule has 3 rings (SSSR count). The van der Waals surface area contributed by atoms with E-state index in [9.17, 15) is 46.2 Å². The van der Waals surface area contributed by atoms with Gasteiger partial charge in [0.25, 0.3) is 31.6 Å². The predicted molar refractivity (Wildman–Crippen MR) is 110 cm³/mol. The summed E-state index contributed by atoms with van der Waals surface area (Å²) in [5.74, 6) is -1.64. The van der Waals surface area contributed by atoms with Gasteiger partial charge < -0.3 is 0 Å². The van der Waals surface area contributed by atoms with E-state index in [2.05, 4.69) is 0 Å². The molecule has 2 aromatic carbocycles. The lowest BCUT2D eigenvalue weighted by Gasteiger charge is -2.30. The fourth-order valence-electron chi connectivity index (χ4n) is 4.37. The van der Waals surface area contributed by atoms with Gasteiger partial charge in [-0.1, -0.05) is 18.6 Å². The topological polar surface area (TPSA) is 195 Å². The molecule has 172 valence electrons. The van der Waals surface area contributed by atoms with Crippen LogP contribution in [0.5, 0.6) is 0 Å². The fourth-order valence-corrected chi connectivity index (χ4v) is 5.97. The van der Waals surface area contributed by atoms with E-state index >= 15 is 0 Å². The lowest BCUT2D eigenvalue weighted by Crippen LogP contribution is -2.19. The number of rotatable bonds is 6. The number of nitro groups is 2. The van der Waals surface area contributed by atoms with E-state index in [1.807, 2.05) is 0 Å². The molecule has 2 N–H and O–H groups in total. The molecule has 1 fully saturated rings. The molecule has 14 heteroatoms. The molecule has 2 atom stereocenters. The minimum absolute atomic E-state index is 0.0687. The summed E-state index contributed by atoms with van der Waals surface area (Å²) < 4.78 is 66.7. The second-order valence-corrected chi connectivity index (χ2v) is 10.2. The van der Waals surface area contributed by atoms with Crippen molar-refractivity contribution in [2.75, 3.05) is 0 Å². The normalized spacial score (nSPS) is 19.4. The predicted octanol–water partition coefficient (Wildman–Crippen LogP) is 3.44. The molecule has 32 heavy (non-hydrogen) atoms. The molecule has 0 aliphatic heterocycles. The maximum absolute atomic E-state index is 11.9. The Kier molecular flexibility index (Phi) is 6.33. The maximum atomic E-state index is 11.9. The van der Waals surface area contributed by atoms with E-state index in [-0.39, 0.29) is 30.4 Å². The van der Waals surface area contributed by atoms with Crippen LogP contribution in [0.1, 0.15) is 48.6 Å². The van der Waals surface area contributed by atoms with Gasteiger partial charge in [0.1, 0.15) is 9.79 Å². The van der Waals surface area contributed by atoms with Crippen LogP contribution in [0.2, 0.25) is 0 Å². The summed E-state index contributed by atoms with van der Waals surface area (Å²) >= 11 is 0. The third-order valence-electron chi connectivity index (χ3n) is 5.53. The zero-order valence-electron chi connectivity index (χ0n) is 16.3. The summed E-state index contributed by atoms with van der Waals surface area (Å²) in [7, 11) is -9.65. The van der Waals surface area contributed by atoms with Crippen LogP contribution in [0, 0.1) is 20.2 Å². The van der Waals surface area contributed by atoms with Crippen molar-refractivity contribution in [2.45, 2.75) is 47.3 Å². The maximum Gasteiger partial charge on any atom is 0.295 e. The minimum atomic E-state index is -4.82. The van der Waals surface area contributed by atoms with Crippen LogP contribution in [-0.2, 0) is 20.2 Å². The van der Waals surface area contributed by atoms with Crippen molar-refractivity contribution in [2.24, 2.45) is 0 Å². The highest BCUT2D eigenvalue weighted by Gasteiger charge is 2.38. The molecule has 1 saturated carbocycles. The number of nitro benzene ring substituents is 2. The van der Waals surface area contributed by atoms with Gasteiger partial charge in [-0.15, -0.1) is 0 Å². The zero-order valence-corrected chi connectivity index (χ0v) is 18.0. The van der Waals surface area contributed by atoms with Gasteiger partial charge in [0.05, 0.1) is 21.0 Å². The molecule has 0 heterocycles. The van der Waals surface area contributed by atoms with Crippen molar-refractivity contribution in [1.29, 1.82) is 0 Å². The average Bonchev–Trinajstić information content (AvgIpc) is 2.71. The van der Waals surface area contributed by atoms with Crippen LogP contribution in [0.15, 0.2) is 46.2 Å². The van der Waals surface area contributed by atoms with Crippen molar-refractivity contribution in [3.05, 3.63) is 67.8 Å². The van der Waals surface area contributed by atoms with Crippen LogP contribution in [0.4, 0.5) is 11.4 Å². The highest BCUT2D eigenvalue weighted by atomic mass is 32.2. The second-order valence-electron chi connectivity index (χ2n) is 7.40. The largest absolute Gasteiger partial charge is 0.295 e. The molecule has 0 spiro atoms. The summed E-state index contributed by atoms with van der Waals surface area (Å²) in [6, 6.07) is 6.45. The molecule has 0 saturated heterocycles. The molecular formula is C18H18N2O10S2. The van der Waals surface area contributed by atoms with Gasteiger partial charge in [0.15, 0.2) is 0 Å². The third kappa shape index (κ3) is 4.62. The van der Waals surface area contributed by atoms with Gasteiger partial charge in [0, 0.05) is 12.1 Å². The summed E-state index contributed by atoms with van der Waals surface area (Å²) in [6.45, 7) is 0. The molecule has 12 nitrogen and oxygen atoms in total. The van der Waals surface area contributed by atoms with E-state index in [0.717, 1.165) is 36.4 Å². The Hall–Kier alpha value is -2.94.